The summed E-state index contributed by atoms with van der Waals surface area (Å²) in [5.74, 6) is 1.57. The third-order valence-corrected chi connectivity index (χ3v) is 18.3. The van der Waals surface area contributed by atoms with Gasteiger partial charge < -0.3 is 62.2 Å². The van der Waals surface area contributed by atoms with Gasteiger partial charge in [0.25, 0.3) is 0 Å². The van der Waals surface area contributed by atoms with Crippen LogP contribution in [0.5, 0.6) is 23.0 Å². The molecule has 0 amide bonds. The van der Waals surface area contributed by atoms with Crippen molar-refractivity contribution >= 4 is 61.0 Å². The standard InChI is InChI=1S/C37H44FN3O7S.C25H19FN2O3S.C12H25NO5/c38-31-23-28(22-30(42)21-27-1-2-27)4-6-34(31)48-35-7-8-39-33-24-36(49-37(33)35)32-5-3-29(25-40-32)26-41-9-11-43-13-15-45-17-19-47-20-18-46-16-14-44-12-10-41;26-19-11-16(10-18(30)9-15-1-2-15)4-6-22(19)31-23-7-8-27-21-12-24(32-25(21)23)20-5-3-17(14-29)13-28-20;1-3-14-5-7-16-9-11-18-12-10-17-8-6-15-4-2-13-1/h3-8,23-25,27H,1-2,9-22,26H2;3-8,11-15H,1-2,9-10H2;13H,1-12H2. The topological polar surface area (TPSA) is 229 Å². The van der Waals surface area contributed by atoms with Gasteiger partial charge in [-0.05, 0) is 109 Å². The van der Waals surface area contributed by atoms with Crippen molar-refractivity contribution in [1.29, 1.82) is 0 Å². The zero-order valence-corrected chi connectivity index (χ0v) is 57.5. The van der Waals surface area contributed by atoms with Gasteiger partial charge in [-0.1, -0.05) is 18.2 Å². The van der Waals surface area contributed by atoms with Crippen LogP contribution in [-0.2, 0) is 76.3 Å². The number of benzene rings is 2. The Bertz CT molecular complexity index is 3650. The van der Waals surface area contributed by atoms with Gasteiger partial charge in [0, 0.05) is 101 Å². The van der Waals surface area contributed by atoms with Crippen molar-refractivity contribution in [2.75, 3.05) is 158 Å². The second-order valence-electron chi connectivity index (χ2n) is 24.0. The molecule has 0 bridgehead atoms. The lowest BCUT2D eigenvalue weighted by molar-refractivity contribution is -0.119. The predicted octanol–water partition coefficient (Wildman–Crippen LogP) is 11.8. The summed E-state index contributed by atoms with van der Waals surface area (Å²) in [5.41, 5.74) is 5.90. The molecule has 2 aromatic carbocycles. The summed E-state index contributed by atoms with van der Waals surface area (Å²) in [6, 6.07) is 24.3. The number of carbonyl (C=O) groups excluding carboxylic acids is 3. The van der Waals surface area contributed by atoms with E-state index in [2.05, 4.69) is 31.2 Å². The lowest BCUT2D eigenvalue weighted by atomic mass is 10.0. The number of nitrogens with zero attached hydrogens (tertiary/aromatic N) is 5. The van der Waals surface area contributed by atoms with E-state index in [4.69, 9.17) is 61.8 Å². The third-order valence-electron chi connectivity index (χ3n) is 16.0. The zero-order chi connectivity index (χ0) is 68.5. The van der Waals surface area contributed by atoms with Crippen LogP contribution in [-0.4, -0.2) is 201 Å². The number of halogens is 2. The second kappa shape index (κ2) is 41.6. The molecule has 2 aliphatic carbocycles. The minimum Gasteiger partial charge on any atom is -0.453 e. The highest BCUT2D eigenvalue weighted by Gasteiger charge is 2.26. The molecule has 0 unspecified atom stereocenters. The highest BCUT2D eigenvalue weighted by molar-refractivity contribution is 7.23. The van der Waals surface area contributed by atoms with E-state index in [0.29, 0.717) is 197 Å². The molecule has 21 nitrogen and oxygen atoms in total. The molecule has 12 rings (SSSR count). The Hall–Kier alpha value is -7.05. The molecular formula is C74H88F2N6O15S2. The number of ether oxygens (including phenoxy) is 12. The Labute approximate surface area is 584 Å². The molecular weight excluding hydrogens is 1310 g/mol. The van der Waals surface area contributed by atoms with E-state index < -0.39 is 11.6 Å². The number of fused-ring (bicyclic) bond motifs is 2. The number of rotatable bonds is 17. The molecule has 0 radical (unpaired) electrons. The molecule has 99 heavy (non-hydrogen) atoms. The van der Waals surface area contributed by atoms with Crippen molar-refractivity contribution in [3.05, 3.63) is 144 Å². The van der Waals surface area contributed by atoms with Crippen molar-refractivity contribution in [3.8, 4) is 44.1 Å². The Morgan fingerprint density at radius 2 is 0.859 bits per heavy atom. The van der Waals surface area contributed by atoms with E-state index in [9.17, 15) is 18.8 Å². The maximum Gasteiger partial charge on any atom is 0.166 e. The predicted molar refractivity (Wildman–Crippen MR) is 372 cm³/mol. The van der Waals surface area contributed by atoms with Gasteiger partial charge in [0.05, 0.1) is 174 Å². The number of hydrogen-bond acceptors (Lipinski definition) is 23. The molecule has 4 aliphatic rings. The van der Waals surface area contributed by atoms with Crippen LogP contribution in [0.25, 0.3) is 41.6 Å². The number of hydrogen-bond donors (Lipinski definition) is 1. The van der Waals surface area contributed by atoms with Crippen LogP contribution in [0.2, 0.25) is 0 Å². The van der Waals surface area contributed by atoms with Crippen molar-refractivity contribution in [2.45, 2.75) is 57.9 Å². The minimum atomic E-state index is -0.505. The van der Waals surface area contributed by atoms with Crippen molar-refractivity contribution in [3.63, 3.8) is 0 Å². The number of carbonyl (C=O) groups is 3. The molecule has 2 saturated heterocycles. The first-order valence-corrected chi connectivity index (χ1v) is 35.6. The van der Waals surface area contributed by atoms with Crippen LogP contribution < -0.4 is 14.8 Å². The third kappa shape index (κ3) is 26.4. The molecule has 0 spiro atoms. The molecule has 1 N–H and O–H groups in total. The first-order valence-electron chi connectivity index (χ1n) is 34.0. The normalized spacial score (nSPS) is 17.6. The zero-order valence-electron chi connectivity index (χ0n) is 55.9. The summed E-state index contributed by atoms with van der Waals surface area (Å²) >= 11 is 2.93. The quantitative estimate of drug-likeness (QED) is 0.0835. The van der Waals surface area contributed by atoms with Crippen LogP contribution in [0.15, 0.2) is 110 Å². The lowest BCUT2D eigenvalue weighted by Crippen LogP contribution is -2.31. The number of nitrogens with one attached hydrogen (secondary N) is 1. The SMILES string of the molecule is C1COCCOCCOCCOCCOCCN1.O=C(Cc1ccc(Oc2ccnc3cc(-c4ccc(CN5CCOCCOCCOCCOCCOCC5)cn4)sc23)c(F)c1)CC1CC1.O=Cc1ccc(-c2cc3nccc(Oc4ccc(CC(=O)CC5CC5)cc4F)c3s2)nc1. The fraction of sp³-hybridized carbons (Fsp3) is 0.473. The summed E-state index contributed by atoms with van der Waals surface area (Å²) in [6.07, 6.45) is 13.6. The van der Waals surface area contributed by atoms with Gasteiger partial charge in [0.2, 0.25) is 0 Å². The number of Topliss-reactive ketones (excluding diaryl/α,β-unsaturated/α-hetero) is 2. The van der Waals surface area contributed by atoms with Crippen molar-refractivity contribution in [1.82, 2.24) is 30.2 Å². The van der Waals surface area contributed by atoms with Crippen LogP contribution in [0.3, 0.4) is 0 Å². The summed E-state index contributed by atoms with van der Waals surface area (Å²) < 4.78 is 98.3. The lowest BCUT2D eigenvalue weighted by Gasteiger charge is -2.22. The number of ketones is 2. The van der Waals surface area contributed by atoms with Crippen LogP contribution in [0, 0.1) is 23.5 Å². The summed E-state index contributed by atoms with van der Waals surface area (Å²) in [6.45, 7) is 15.6. The fourth-order valence-electron chi connectivity index (χ4n) is 10.4. The van der Waals surface area contributed by atoms with Crippen LogP contribution in [0.4, 0.5) is 8.78 Å². The Balaban J connectivity index is 0.000000181. The number of aromatic nitrogens is 4. The summed E-state index contributed by atoms with van der Waals surface area (Å²) in [5, 5.41) is 3.24. The smallest absolute Gasteiger partial charge is 0.166 e. The van der Waals surface area contributed by atoms with E-state index in [0.717, 1.165) is 99.8 Å². The van der Waals surface area contributed by atoms with Gasteiger partial charge in [-0.25, -0.2) is 8.78 Å². The van der Waals surface area contributed by atoms with Gasteiger partial charge in [-0.15, -0.1) is 22.7 Å². The van der Waals surface area contributed by atoms with Gasteiger partial charge in [0.15, 0.2) is 29.4 Å². The fourth-order valence-corrected chi connectivity index (χ4v) is 12.5. The monoisotopic (exact) mass is 1400 g/mol. The van der Waals surface area contributed by atoms with E-state index in [1.807, 2.05) is 24.4 Å². The van der Waals surface area contributed by atoms with Crippen LogP contribution in [0.1, 0.15) is 65.6 Å². The molecule has 0 atom stereocenters. The highest BCUT2D eigenvalue weighted by atomic mass is 32.1. The van der Waals surface area contributed by atoms with Crippen molar-refractivity contribution in [2.24, 2.45) is 11.8 Å². The van der Waals surface area contributed by atoms with Crippen molar-refractivity contribution < 1.29 is 80.0 Å². The second-order valence-corrected chi connectivity index (χ2v) is 26.1. The van der Waals surface area contributed by atoms with Gasteiger partial charge >= 0.3 is 0 Å². The number of pyridine rings is 4. The molecule has 6 aromatic heterocycles. The highest BCUT2D eigenvalue weighted by Crippen LogP contribution is 2.41. The maximum atomic E-state index is 15.0. The average molecular weight is 1400 g/mol. The molecule has 25 heteroatoms. The molecule has 2 aliphatic heterocycles. The van der Waals surface area contributed by atoms with E-state index in [-0.39, 0.29) is 35.9 Å². The Morgan fingerprint density at radius 3 is 1.23 bits per heavy atom. The molecule has 8 heterocycles. The minimum absolute atomic E-state index is 0.0966. The first kappa shape index (κ1) is 74.6. The maximum absolute atomic E-state index is 15.0. The summed E-state index contributed by atoms with van der Waals surface area (Å²) in [4.78, 5) is 57.3. The van der Waals surface area contributed by atoms with E-state index in [1.165, 1.54) is 41.0 Å². The number of thiophene rings is 2. The summed E-state index contributed by atoms with van der Waals surface area (Å²) in [7, 11) is 0. The van der Waals surface area contributed by atoms with Gasteiger partial charge in [-0.2, -0.15) is 0 Å². The Kier molecular flexibility index (Phi) is 31.4. The molecule has 2 saturated carbocycles. The van der Waals surface area contributed by atoms with Gasteiger partial charge in [0.1, 0.15) is 23.1 Å². The largest absolute Gasteiger partial charge is 0.453 e. The molecule has 530 valence electrons. The molecule has 8 aromatic rings. The van der Waals surface area contributed by atoms with Crippen LogP contribution >= 0.6 is 22.7 Å². The number of aldehydes is 1. The molecule has 4 fully saturated rings. The van der Waals surface area contributed by atoms with E-state index >= 15 is 4.39 Å². The van der Waals surface area contributed by atoms with E-state index in [1.54, 1.807) is 60.9 Å². The first-order chi connectivity index (χ1) is 48.7. The van der Waals surface area contributed by atoms with Gasteiger partial charge in [-0.3, -0.25) is 39.2 Å². The Morgan fingerprint density at radius 1 is 0.465 bits per heavy atom. The average Bonchev–Trinajstić information content (AvgIpc) is 1.70.